The van der Waals surface area contributed by atoms with Gasteiger partial charge in [-0.1, -0.05) is 27.2 Å². The summed E-state index contributed by atoms with van der Waals surface area (Å²) in [5.41, 5.74) is 0. The average Bonchev–Trinajstić information content (AvgIpc) is 2.28. The zero-order valence-electron chi connectivity index (χ0n) is 12.4. The molecule has 0 amide bonds. The van der Waals surface area contributed by atoms with Gasteiger partial charge in [0, 0.05) is 12.8 Å². The molecule has 0 saturated carbocycles. The van der Waals surface area contributed by atoms with E-state index in [2.05, 4.69) is 0 Å². The van der Waals surface area contributed by atoms with Gasteiger partial charge in [0.2, 0.25) is 5.92 Å². The highest BCUT2D eigenvalue weighted by molar-refractivity contribution is 8.00. The van der Waals surface area contributed by atoms with Gasteiger partial charge in [-0.15, -0.1) is 11.8 Å². The number of esters is 1. The molecule has 0 bridgehead atoms. The van der Waals surface area contributed by atoms with Crippen molar-refractivity contribution in [1.29, 1.82) is 0 Å². The molecule has 5 heteroatoms. The van der Waals surface area contributed by atoms with Crippen LogP contribution >= 0.6 is 11.8 Å². The Labute approximate surface area is 119 Å². The summed E-state index contributed by atoms with van der Waals surface area (Å²) in [4.78, 5) is 11.7. The van der Waals surface area contributed by atoms with Crippen molar-refractivity contribution < 1.29 is 18.3 Å². The van der Waals surface area contributed by atoms with E-state index in [4.69, 9.17) is 4.74 Å². The number of halogens is 2. The number of carbonyl (C=O) groups excluding carboxylic acids is 1. The van der Waals surface area contributed by atoms with Crippen molar-refractivity contribution in [1.82, 2.24) is 0 Å². The molecule has 0 fully saturated rings. The van der Waals surface area contributed by atoms with Gasteiger partial charge in [0.05, 0.1) is 6.61 Å². The summed E-state index contributed by atoms with van der Waals surface area (Å²) in [6, 6.07) is 0. The van der Waals surface area contributed by atoms with Gasteiger partial charge in [0.25, 0.3) is 0 Å². The summed E-state index contributed by atoms with van der Waals surface area (Å²) in [7, 11) is 0. The largest absolute Gasteiger partial charge is 0.465 e. The molecule has 0 aromatic heterocycles. The van der Waals surface area contributed by atoms with Crippen molar-refractivity contribution in [2.24, 2.45) is 5.92 Å². The molecule has 0 saturated heterocycles. The van der Waals surface area contributed by atoms with Crippen molar-refractivity contribution in [3.05, 3.63) is 0 Å². The molecule has 0 N–H and O–H groups in total. The minimum absolute atomic E-state index is 0.0524. The van der Waals surface area contributed by atoms with Crippen LogP contribution in [-0.2, 0) is 9.53 Å². The molecule has 0 aliphatic rings. The van der Waals surface area contributed by atoms with Gasteiger partial charge in [0.1, 0.15) is 5.25 Å². The van der Waals surface area contributed by atoms with Crippen LogP contribution in [-0.4, -0.2) is 29.5 Å². The maximum atomic E-state index is 13.3. The molecule has 1 unspecified atom stereocenters. The van der Waals surface area contributed by atoms with E-state index in [1.165, 1.54) is 11.8 Å². The Kier molecular flexibility index (Phi) is 9.40. The lowest BCUT2D eigenvalue weighted by atomic mass is 10.1. The fourth-order valence-electron chi connectivity index (χ4n) is 1.79. The van der Waals surface area contributed by atoms with Gasteiger partial charge in [-0.25, -0.2) is 8.78 Å². The van der Waals surface area contributed by atoms with Gasteiger partial charge in [-0.3, -0.25) is 4.79 Å². The van der Waals surface area contributed by atoms with E-state index in [1.54, 1.807) is 13.8 Å². The molecule has 114 valence electrons. The summed E-state index contributed by atoms with van der Waals surface area (Å²) < 4.78 is 31.6. The molecule has 0 aliphatic carbocycles. The smallest absolute Gasteiger partial charge is 0.319 e. The van der Waals surface area contributed by atoms with Crippen LogP contribution in [0.5, 0.6) is 0 Å². The maximum absolute atomic E-state index is 13.3. The summed E-state index contributed by atoms with van der Waals surface area (Å²) >= 11 is 1.43. The molecule has 2 nitrogen and oxygen atoms in total. The van der Waals surface area contributed by atoms with Crippen LogP contribution in [0.4, 0.5) is 8.78 Å². The Bertz CT molecular complexity index is 258. The molecule has 0 aromatic carbocycles. The van der Waals surface area contributed by atoms with E-state index in [-0.39, 0.29) is 30.0 Å². The Balaban J connectivity index is 4.04. The Hall–Kier alpha value is -0.320. The molecule has 0 spiro atoms. The fraction of sp³-hybridized carbons (Fsp3) is 0.929. The summed E-state index contributed by atoms with van der Waals surface area (Å²) in [6.45, 7) is 7.78. The van der Waals surface area contributed by atoms with Gasteiger partial charge in [-0.2, -0.15) is 0 Å². The number of thioether (sulfide) groups is 1. The van der Waals surface area contributed by atoms with E-state index < -0.39 is 5.92 Å². The molecule has 0 heterocycles. The Morgan fingerprint density at radius 1 is 1.26 bits per heavy atom. The van der Waals surface area contributed by atoms with Crippen LogP contribution in [0, 0.1) is 5.92 Å². The predicted octanol–water partition coefficient (Wildman–Crippen LogP) is 4.52. The first kappa shape index (κ1) is 18.7. The van der Waals surface area contributed by atoms with Gasteiger partial charge in [-0.05, 0) is 25.0 Å². The van der Waals surface area contributed by atoms with E-state index >= 15 is 0 Å². The lowest BCUT2D eigenvalue weighted by molar-refractivity contribution is -0.143. The van der Waals surface area contributed by atoms with Crippen LogP contribution in [0.15, 0.2) is 0 Å². The average molecular weight is 296 g/mol. The first-order valence-corrected chi connectivity index (χ1v) is 8.05. The number of ether oxygens (including phenoxy) is 1. The van der Waals surface area contributed by atoms with Gasteiger partial charge >= 0.3 is 5.97 Å². The van der Waals surface area contributed by atoms with Gasteiger partial charge < -0.3 is 4.74 Å². The normalized spacial score (nSPS) is 13.6. The number of hydrogen-bond acceptors (Lipinski definition) is 3. The number of hydrogen-bond donors (Lipinski definition) is 0. The van der Waals surface area contributed by atoms with E-state index in [0.717, 1.165) is 0 Å². The third-order valence-electron chi connectivity index (χ3n) is 2.72. The number of alkyl halides is 2. The Morgan fingerprint density at radius 3 is 2.37 bits per heavy atom. The second-order valence-electron chi connectivity index (χ2n) is 5.00. The molecular weight excluding hydrogens is 270 g/mol. The summed E-state index contributed by atoms with van der Waals surface area (Å²) in [6.07, 6.45) is 0.780. The molecule has 19 heavy (non-hydrogen) atoms. The fourth-order valence-corrected chi connectivity index (χ4v) is 2.94. The molecule has 1 atom stereocenters. The first-order valence-electron chi connectivity index (χ1n) is 7.00. The van der Waals surface area contributed by atoms with E-state index in [9.17, 15) is 13.6 Å². The third kappa shape index (κ3) is 8.45. The second kappa shape index (κ2) is 9.56. The lowest BCUT2D eigenvalue weighted by Gasteiger charge is -2.19. The second-order valence-corrected chi connectivity index (χ2v) is 6.25. The molecule has 0 rings (SSSR count). The van der Waals surface area contributed by atoms with Crippen molar-refractivity contribution in [3.63, 3.8) is 0 Å². The molecule has 0 radical (unpaired) electrons. The summed E-state index contributed by atoms with van der Waals surface area (Å²) in [5.74, 6) is -2.07. The quantitative estimate of drug-likeness (QED) is 0.438. The van der Waals surface area contributed by atoms with Gasteiger partial charge in [0.15, 0.2) is 0 Å². The number of rotatable bonds is 10. The maximum Gasteiger partial charge on any atom is 0.319 e. The highest BCUT2D eigenvalue weighted by Crippen LogP contribution is 2.28. The molecule has 0 aliphatic heterocycles. The lowest BCUT2D eigenvalue weighted by Crippen LogP contribution is -2.26. The van der Waals surface area contributed by atoms with E-state index in [1.807, 2.05) is 13.8 Å². The zero-order valence-corrected chi connectivity index (χ0v) is 13.2. The zero-order chi connectivity index (χ0) is 14.9. The Morgan fingerprint density at radius 2 is 1.89 bits per heavy atom. The molecular formula is C14H26F2O2S. The standard InChI is InChI=1S/C14H26F2O2S/c1-5-8-14(15,16)9-7-10-19-12(11(3)4)13(17)18-6-2/h11-12H,5-10H2,1-4H3. The first-order chi connectivity index (χ1) is 8.84. The van der Waals surface area contributed by atoms with Crippen molar-refractivity contribution >= 4 is 17.7 Å². The predicted molar refractivity (Wildman–Crippen MR) is 76.8 cm³/mol. The molecule has 0 aromatic rings. The highest BCUT2D eigenvalue weighted by Gasteiger charge is 2.28. The van der Waals surface area contributed by atoms with Crippen LogP contribution in [0.2, 0.25) is 0 Å². The number of carbonyl (C=O) groups is 1. The van der Waals surface area contributed by atoms with Crippen molar-refractivity contribution in [2.45, 2.75) is 64.6 Å². The van der Waals surface area contributed by atoms with Crippen LogP contribution in [0.3, 0.4) is 0 Å². The van der Waals surface area contributed by atoms with Crippen molar-refractivity contribution in [3.8, 4) is 0 Å². The van der Waals surface area contributed by atoms with E-state index in [0.29, 0.717) is 25.2 Å². The SMILES string of the molecule is CCCC(F)(F)CCCSC(C(=O)OCC)C(C)C. The van der Waals surface area contributed by atoms with Crippen LogP contribution in [0.1, 0.15) is 53.4 Å². The minimum atomic E-state index is -2.56. The third-order valence-corrected chi connectivity index (χ3v) is 4.34. The van der Waals surface area contributed by atoms with Crippen molar-refractivity contribution in [2.75, 3.05) is 12.4 Å². The van der Waals surface area contributed by atoms with Crippen LogP contribution in [0.25, 0.3) is 0 Å². The topological polar surface area (TPSA) is 26.3 Å². The highest BCUT2D eigenvalue weighted by atomic mass is 32.2. The van der Waals surface area contributed by atoms with Crippen LogP contribution < -0.4 is 0 Å². The summed E-state index contributed by atoms with van der Waals surface area (Å²) in [5, 5.41) is -0.250. The monoisotopic (exact) mass is 296 g/mol. The minimum Gasteiger partial charge on any atom is -0.465 e.